The number of benzene rings is 1. The summed E-state index contributed by atoms with van der Waals surface area (Å²) in [4.78, 5) is 14.5. The molecular formula is C16H24Cl2N2O. The number of carbonyl (C=O) groups excluding carboxylic acids is 1. The first-order chi connectivity index (χ1) is 9.63. The summed E-state index contributed by atoms with van der Waals surface area (Å²) in [5.41, 5.74) is 1.14. The zero-order chi connectivity index (χ0) is 14.5. The number of hydrogen-bond acceptors (Lipinski definition) is 2. The van der Waals surface area contributed by atoms with Gasteiger partial charge in [-0.1, -0.05) is 36.7 Å². The molecule has 2 unspecified atom stereocenters. The second kappa shape index (κ2) is 8.62. The lowest BCUT2D eigenvalue weighted by molar-refractivity contribution is -0.135. The van der Waals surface area contributed by atoms with Crippen LogP contribution in [0.5, 0.6) is 0 Å². The van der Waals surface area contributed by atoms with E-state index in [1.165, 1.54) is 0 Å². The van der Waals surface area contributed by atoms with Crippen LogP contribution in [0.25, 0.3) is 0 Å². The highest BCUT2D eigenvalue weighted by Gasteiger charge is 2.31. The van der Waals surface area contributed by atoms with E-state index in [-0.39, 0.29) is 24.2 Å². The smallest absolute Gasteiger partial charge is 0.226 e. The van der Waals surface area contributed by atoms with Crippen LogP contribution in [0.4, 0.5) is 0 Å². The quantitative estimate of drug-likeness (QED) is 0.899. The second-order valence-corrected chi connectivity index (χ2v) is 5.99. The van der Waals surface area contributed by atoms with Crippen molar-refractivity contribution in [2.45, 2.75) is 32.2 Å². The maximum Gasteiger partial charge on any atom is 0.226 e. The van der Waals surface area contributed by atoms with E-state index in [1.54, 1.807) is 0 Å². The minimum absolute atomic E-state index is 0. The molecule has 3 nitrogen and oxygen atoms in total. The highest BCUT2D eigenvalue weighted by molar-refractivity contribution is 6.31. The molecule has 1 aromatic rings. The van der Waals surface area contributed by atoms with Gasteiger partial charge in [0, 0.05) is 30.1 Å². The molecule has 2 atom stereocenters. The Bertz CT molecular complexity index is 467. The molecule has 0 spiro atoms. The van der Waals surface area contributed by atoms with E-state index < -0.39 is 0 Å². The van der Waals surface area contributed by atoms with Crippen LogP contribution in [0.15, 0.2) is 24.3 Å². The molecule has 118 valence electrons. The van der Waals surface area contributed by atoms with Gasteiger partial charge in [0.2, 0.25) is 5.91 Å². The Morgan fingerprint density at radius 3 is 2.86 bits per heavy atom. The van der Waals surface area contributed by atoms with E-state index in [2.05, 4.69) is 11.4 Å². The van der Waals surface area contributed by atoms with Crippen LogP contribution in [0.1, 0.15) is 25.3 Å². The zero-order valence-corrected chi connectivity index (χ0v) is 14.2. The molecule has 0 aromatic heterocycles. The summed E-state index contributed by atoms with van der Waals surface area (Å²) in [7, 11) is 1.88. The van der Waals surface area contributed by atoms with E-state index in [0.717, 1.165) is 42.9 Å². The summed E-state index contributed by atoms with van der Waals surface area (Å²) in [6, 6.07) is 8.22. The van der Waals surface area contributed by atoms with Gasteiger partial charge in [-0.05, 0) is 37.9 Å². The fourth-order valence-electron chi connectivity index (χ4n) is 2.93. The number of halogens is 2. The predicted octanol–water partition coefficient (Wildman–Crippen LogP) is 3.15. The van der Waals surface area contributed by atoms with Gasteiger partial charge in [0.1, 0.15) is 0 Å². The van der Waals surface area contributed by atoms with Crippen molar-refractivity contribution in [1.82, 2.24) is 10.2 Å². The molecule has 1 N–H and O–H groups in total. The number of amides is 1. The fourth-order valence-corrected chi connectivity index (χ4v) is 3.15. The third-order valence-electron chi connectivity index (χ3n) is 4.01. The van der Waals surface area contributed by atoms with Gasteiger partial charge >= 0.3 is 0 Å². The van der Waals surface area contributed by atoms with Crippen LogP contribution in [-0.4, -0.2) is 37.0 Å². The van der Waals surface area contributed by atoms with Gasteiger partial charge in [-0.15, -0.1) is 12.4 Å². The molecule has 1 aromatic carbocycles. The molecule has 0 aliphatic carbocycles. The van der Waals surface area contributed by atoms with E-state index in [9.17, 15) is 4.79 Å². The van der Waals surface area contributed by atoms with Crippen LogP contribution in [0.3, 0.4) is 0 Å². The Morgan fingerprint density at radius 1 is 1.48 bits per heavy atom. The summed E-state index contributed by atoms with van der Waals surface area (Å²) >= 11 is 6.23. The molecular weight excluding hydrogens is 307 g/mol. The molecule has 2 rings (SSSR count). The van der Waals surface area contributed by atoms with E-state index in [4.69, 9.17) is 11.6 Å². The molecule has 0 radical (unpaired) electrons. The Labute approximate surface area is 138 Å². The molecule has 1 saturated heterocycles. The van der Waals surface area contributed by atoms with Crippen molar-refractivity contribution in [3.63, 3.8) is 0 Å². The topological polar surface area (TPSA) is 32.3 Å². The van der Waals surface area contributed by atoms with Crippen LogP contribution in [0.2, 0.25) is 5.02 Å². The molecule has 1 aliphatic heterocycles. The van der Waals surface area contributed by atoms with Gasteiger partial charge in [0.15, 0.2) is 0 Å². The largest absolute Gasteiger partial charge is 0.339 e. The average Bonchev–Trinajstić information content (AvgIpc) is 2.89. The lowest BCUT2D eigenvalue weighted by Crippen LogP contribution is -2.42. The molecule has 0 bridgehead atoms. The number of nitrogens with one attached hydrogen (secondary N) is 1. The van der Waals surface area contributed by atoms with E-state index >= 15 is 0 Å². The zero-order valence-electron chi connectivity index (χ0n) is 12.6. The van der Waals surface area contributed by atoms with Crippen molar-refractivity contribution in [2.75, 3.05) is 20.1 Å². The second-order valence-electron chi connectivity index (χ2n) is 5.58. The standard InChI is InChI=1S/C16H23ClN2O.ClH/c1-12(11-18-2)16(20)19-9-5-7-14(19)10-13-6-3-4-8-15(13)17;/h3-4,6,8,12,14,18H,5,7,9-11H2,1-2H3;1H. The van der Waals surface area contributed by atoms with Crippen molar-refractivity contribution in [1.29, 1.82) is 0 Å². The van der Waals surface area contributed by atoms with E-state index in [0.29, 0.717) is 6.04 Å². The van der Waals surface area contributed by atoms with Gasteiger partial charge in [0.25, 0.3) is 0 Å². The summed E-state index contributed by atoms with van der Waals surface area (Å²) in [5, 5.41) is 3.88. The molecule has 1 heterocycles. The number of rotatable bonds is 5. The summed E-state index contributed by atoms with van der Waals surface area (Å²) in [5.74, 6) is 0.292. The minimum Gasteiger partial charge on any atom is -0.339 e. The van der Waals surface area contributed by atoms with Crippen LogP contribution in [-0.2, 0) is 11.2 Å². The van der Waals surface area contributed by atoms with Gasteiger partial charge in [0.05, 0.1) is 0 Å². The highest BCUT2D eigenvalue weighted by atomic mass is 35.5. The van der Waals surface area contributed by atoms with Crippen LogP contribution >= 0.6 is 24.0 Å². The predicted molar refractivity (Wildman–Crippen MR) is 90.2 cm³/mol. The summed E-state index contributed by atoms with van der Waals surface area (Å²) in [6.45, 7) is 3.60. The van der Waals surface area contributed by atoms with Gasteiger partial charge in [-0.25, -0.2) is 0 Å². The number of likely N-dealkylation sites (tertiary alicyclic amines) is 1. The van der Waals surface area contributed by atoms with Crippen molar-refractivity contribution in [2.24, 2.45) is 5.92 Å². The fraction of sp³-hybridized carbons (Fsp3) is 0.562. The third kappa shape index (κ3) is 4.60. The van der Waals surface area contributed by atoms with Crippen molar-refractivity contribution in [3.05, 3.63) is 34.9 Å². The van der Waals surface area contributed by atoms with Crippen molar-refractivity contribution in [3.8, 4) is 0 Å². The lowest BCUT2D eigenvalue weighted by atomic mass is 10.0. The number of carbonyl (C=O) groups is 1. The molecule has 1 amide bonds. The maximum absolute atomic E-state index is 12.5. The first-order valence-electron chi connectivity index (χ1n) is 7.32. The third-order valence-corrected chi connectivity index (χ3v) is 4.37. The average molecular weight is 331 g/mol. The SMILES string of the molecule is CNCC(C)C(=O)N1CCCC1Cc1ccccc1Cl.Cl. The summed E-state index contributed by atoms with van der Waals surface area (Å²) in [6.07, 6.45) is 3.02. The first kappa shape index (κ1) is 18.3. The van der Waals surface area contributed by atoms with Crippen molar-refractivity contribution < 1.29 is 4.79 Å². The minimum atomic E-state index is 0. The van der Waals surface area contributed by atoms with Gasteiger partial charge in [-0.2, -0.15) is 0 Å². The summed E-state index contributed by atoms with van der Waals surface area (Å²) < 4.78 is 0. The molecule has 1 aliphatic rings. The Kier molecular flexibility index (Phi) is 7.50. The van der Waals surface area contributed by atoms with Crippen molar-refractivity contribution >= 4 is 29.9 Å². The molecule has 0 saturated carbocycles. The molecule has 21 heavy (non-hydrogen) atoms. The molecule has 5 heteroatoms. The molecule has 1 fully saturated rings. The lowest BCUT2D eigenvalue weighted by Gasteiger charge is -2.28. The Morgan fingerprint density at radius 2 is 2.19 bits per heavy atom. The highest BCUT2D eigenvalue weighted by Crippen LogP contribution is 2.26. The van der Waals surface area contributed by atoms with Crippen LogP contribution in [0, 0.1) is 5.92 Å². The normalized spacial score (nSPS) is 19.2. The van der Waals surface area contributed by atoms with Gasteiger partial charge < -0.3 is 10.2 Å². The monoisotopic (exact) mass is 330 g/mol. The Balaban J connectivity index is 0.00000220. The van der Waals surface area contributed by atoms with Gasteiger partial charge in [-0.3, -0.25) is 4.79 Å². The Hall–Kier alpha value is -0.770. The first-order valence-corrected chi connectivity index (χ1v) is 7.69. The van der Waals surface area contributed by atoms with Crippen LogP contribution < -0.4 is 5.32 Å². The number of nitrogens with zero attached hydrogens (tertiary/aromatic N) is 1. The maximum atomic E-state index is 12.5. The van der Waals surface area contributed by atoms with E-state index in [1.807, 2.05) is 37.1 Å². The number of hydrogen-bond donors (Lipinski definition) is 1.